The van der Waals surface area contributed by atoms with E-state index in [9.17, 15) is 14.6 Å². The molecule has 2 aliphatic rings. The number of aromatic hydroxyl groups is 2. The maximum Gasteiger partial charge on any atom is 0.128 e. The molecule has 0 radical (unpaired) electrons. The number of nitrogens with zero attached hydrogens (tertiary/aromatic N) is 1. The monoisotopic (exact) mass is 483 g/mol. The standard InChI is InChI=1S/C15H11ClO3.C12H16FNO/c16-15-12-7-11(18)4-5-14(12)19-8-13(15)9-2-1-3-10(17)6-9;13-8-11-9-14(10-11)6-7-15-12-4-2-1-3-5-12/h1-7,17-18H,8H2;1-5,11H,6-10H2. The third-order valence-corrected chi connectivity index (χ3v) is 6.13. The molecule has 0 atom stereocenters. The van der Waals surface area contributed by atoms with E-state index in [1.165, 1.54) is 0 Å². The van der Waals surface area contributed by atoms with Crippen molar-refractivity contribution in [3.63, 3.8) is 0 Å². The van der Waals surface area contributed by atoms with Gasteiger partial charge in [-0.2, -0.15) is 0 Å². The first-order valence-corrected chi connectivity index (χ1v) is 11.5. The Balaban J connectivity index is 0.000000166. The van der Waals surface area contributed by atoms with Crippen molar-refractivity contribution in [3.8, 4) is 23.0 Å². The third-order valence-electron chi connectivity index (χ3n) is 5.70. The number of halogens is 2. The summed E-state index contributed by atoms with van der Waals surface area (Å²) in [6, 6.07) is 21.4. The maximum absolute atomic E-state index is 12.1. The molecule has 1 saturated heterocycles. The number of phenols is 2. The number of hydrogen-bond acceptors (Lipinski definition) is 5. The molecule has 0 aliphatic carbocycles. The summed E-state index contributed by atoms with van der Waals surface area (Å²) in [5, 5.41) is 19.6. The van der Waals surface area contributed by atoms with Crippen LogP contribution in [0.4, 0.5) is 4.39 Å². The van der Waals surface area contributed by atoms with Gasteiger partial charge in [0.2, 0.25) is 0 Å². The van der Waals surface area contributed by atoms with Crippen LogP contribution in [-0.2, 0) is 0 Å². The minimum Gasteiger partial charge on any atom is -0.508 e. The molecular formula is C27H27ClFNO4. The van der Waals surface area contributed by atoms with Crippen molar-refractivity contribution in [2.24, 2.45) is 5.92 Å². The van der Waals surface area contributed by atoms with Crippen molar-refractivity contribution in [2.75, 3.05) is 39.5 Å². The number of ether oxygens (including phenoxy) is 2. The number of likely N-dealkylation sites (tertiary alicyclic amines) is 1. The Morgan fingerprint density at radius 3 is 2.47 bits per heavy atom. The topological polar surface area (TPSA) is 62.2 Å². The van der Waals surface area contributed by atoms with E-state index < -0.39 is 0 Å². The highest BCUT2D eigenvalue weighted by Crippen LogP contribution is 2.41. The van der Waals surface area contributed by atoms with Crippen molar-refractivity contribution in [3.05, 3.63) is 83.9 Å². The van der Waals surface area contributed by atoms with Crippen LogP contribution in [0.25, 0.3) is 10.6 Å². The average Bonchev–Trinajstić information content (AvgIpc) is 2.82. The fourth-order valence-corrected chi connectivity index (χ4v) is 4.17. The quantitative estimate of drug-likeness (QED) is 0.480. The lowest BCUT2D eigenvalue weighted by atomic mass is 10.0. The molecule has 5 rings (SSSR count). The van der Waals surface area contributed by atoms with Crippen molar-refractivity contribution in [1.29, 1.82) is 0 Å². The summed E-state index contributed by atoms with van der Waals surface area (Å²) < 4.78 is 23.3. The van der Waals surface area contributed by atoms with Gasteiger partial charge in [-0.25, -0.2) is 0 Å². The van der Waals surface area contributed by atoms with Crippen LogP contribution in [0, 0.1) is 5.92 Å². The summed E-state index contributed by atoms with van der Waals surface area (Å²) in [6.45, 7) is 3.49. The molecule has 7 heteroatoms. The number of benzene rings is 3. The summed E-state index contributed by atoms with van der Waals surface area (Å²) in [5.41, 5.74) is 2.25. The Bertz CT molecular complexity index is 1130. The second-order valence-corrected chi connectivity index (χ2v) is 8.63. The molecule has 0 amide bonds. The maximum atomic E-state index is 12.1. The molecule has 1 fully saturated rings. The lowest BCUT2D eigenvalue weighted by Gasteiger charge is -2.37. The first-order chi connectivity index (χ1) is 16.5. The highest BCUT2D eigenvalue weighted by Gasteiger charge is 2.25. The Morgan fingerprint density at radius 1 is 0.971 bits per heavy atom. The van der Waals surface area contributed by atoms with Crippen LogP contribution in [0.2, 0.25) is 0 Å². The highest BCUT2D eigenvalue weighted by atomic mass is 35.5. The van der Waals surface area contributed by atoms with Crippen molar-refractivity contribution in [2.45, 2.75) is 0 Å². The normalized spacial score (nSPS) is 15.5. The van der Waals surface area contributed by atoms with Crippen molar-refractivity contribution >= 4 is 22.2 Å². The minimum absolute atomic E-state index is 0.137. The van der Waals surface area contributed by atoms with Gasteiger partial charge < -0.3 is 19.7 Å². The van der Waals surface area contributed by atoms with Crippen LogP contribution in [-0.4, -0.2) is 54.6 Å². The zero-order chi connectivity index (χ0) is 23.9. The molecule has 0 spiro atoms. The second-order valence-electron chi connectivity index (χ2n) is 8.25. The van der Waals surface area contributed by atoms with Crippen LogP contribution in [0.1, 0.15) is 11.1 Å². The van der Waals surface area contributed by atoms with Gasteiger partial charge in [0.1, 0.15) is 36.2 Å². The minimum atomic E-state index is -0.184. The van der Waals surface area contributed by atoms with Crippen LogP contribution >= 0.6 is 11.6 Å². The summed E-state index contributed by atoms with van der Waals surface area (Å²) in [5.74, 6) is 2.13. The number of hydrogen-bond donors (Lipinski definition) is 2. The van der Waals surface area contributed by atoms with Gasteiger partial charge in [0.15, 0.2) is 0 Å². The van der Waals surface area contributed by atoms with Gasteiger partial charge >= 0.3 is 0 Å². The van der Waals surface area contributed by atoms with E-state index in [1.807, 2.05) is 36.4 Å². The zero-order valence-corrected chi connectivity index (χ0v) is 19.4. The number of fused-ring (bicyclic) bond motifs is 1. The first kappa shape index (κ1) is 23.9. The van der Waals surface area contributed by atoms with Gasteiger partial charge in [-0.05, 0) is 48.0 Å². The molecule has 34 heavy (non-hydrogen) atoms. The molecule has 0 bridgehead atoms. The molecule has 2 heterocycles. The van der Waals surface area contributed by atoms with E-state index in [1.54, 1.807) is 36.4 Å². The first-order valence-electron chi connectivity index (χ1n) is 11.1. The van der Waals surface area contributed by atoms with Gasteiger partial charge in [0, 0.05) is 36.7 Å². The number of phenolic OH excluding ortho intramolecular Hbond substituents is 2. The fraction of sp³-hybridized carbons (Fsp3) is 0.259. The molecule has 3 aromatic carbocycles. The highest BCUT2D eigenvalue weighted by molar-refractivity contribution is 6.53. The molecule has 3 aromatic rings. The summed E-state index contributed by atoms with van der Waals surface area (Å²) in [4.78, 5) is 2.22. The molecular weight excluding hydrogens is 457 g/mol. The predicted molar refractivity (Wildman–Crippen MR) is 132 cm³/mol. The molecule has 2 N–H and O–H groups in total. The smallest absolute Gasteiger partial charge is 0.128 e. The third kappa shape index (κ3) is 6.01. The van der Waals surface area contributed by atoms with Gasteiger partial charge in [0.25, 0.3) is 0 Å². The van der Waals surface area contributed by atoms with Gasteiger partial charge in [-0.15, -0.1) is 0 Å². The number of alkyl halides is 1. The van der Waals surface area contributed by atoms with Crippen molar-refractivity contribution < 1.29 is 24.1 Å². The molecule has 0 aromatic heterocycles. The fourth-order valence-electron chi connectivity index (χ4n) is 3.86. The SMILES string of the molecule is FCC1CN(CCOc2ccccc2)C1.Oc1cccc(C2=C(Cl)c3cc(O)ccc3OC2)c1. The van der Waals surface area contributed by atoms with E-state index in [0.717, 1.165) is 36.5 Å². The summed E-state index contributed by atoms with van der Waals surface area (Å²) >= 11 is 6.38. The summed E-state index contributed by atoms with van der Waals surface area (Å²) in [6.07, 6.45) is 0. The molecule has 178 valence electrons. The van der Waals surface area contributed by atoms with E-state index >= 15 is 0 Å². The Labute approximate surface area is 203 Å². The molecule has 0 saturated carbocycles. The zero-order valence-electron chi connectivity index (χ0n) is 18.7. The van der Waals surface area contributed by atoms with Crippen LogP contribution < -0.4 is 9.47 Å². The van der Waals surface area contributed by atoms with E-state index in [4.69, 9.17) is 21.1 Å². The number of para-hydroxylation sites is 1. The second kappa shape index (κ2) is 11.3. The Kier molecular flexibility index (Phi) is 7.93. The molecule has 5 nitrogen and oxygen atoms in total. The van der Waals surface area contributed by atoms with Gasteiger partial charge in [-0.3, -0.25) is 9.29 Å². The predicted octanol–water partition coefficient (Wildman–Crippen LogP) is 5.56. The molecule has 0 unspecified atom stereocenters. The van der Waals surface area contributed by atoms with Gasteiger partial charge in [0.05, 0.1) is 11.7 Å². The van der Waals surface area contributed by atoms with E-state index in [0.29, 0.717) is 29.6 Å². The van der Waals surface area contributed by atoms with Crippen LogP contribution in [0.3, 0.4) is 0 Å². The lowest BCUT2D eigenvalue weighted by Crippen LogP contribution is -2.49. The Hall–Kier alpha value is -3.22. The van der Waals surface area contributed by atoms with E-state index in [-0.39, 0.29) is 24.1 Å². The largest absolute Gasteiger partial charge is 0.508 e. The number of rotatable bonds is 6. The van der Waals surface area contributed by atoms with Crippen molar-refractivity contribution in [1.82, 2.24) is 4.90 Å². The van der Waals surface area contributed by atoms with Gasteiger partial charge in [-0.1, -0.05) is 41.9 Å². The Morgan fingerprint density at radius 2 is 1.74 bits per heavy atom. The lowest BCUT2D eigenvalue weighted by molar-refractivity contribution is 0.0668. The summed E-state index contributed by atoms with van der Waals surface area (Å²) in [7, 11) is 0. The van der Waals surface area contributed by atoms with E-state index in [2.05, 4.69) is 4.90 Å². The van der Waals surface area contributed by atoms with Crippen LogP contribution in [0.5, 0.6) is 23.0 Å². The molecule has 2 aliphatic heterocycles. The average molecular weight is 484 g/mol. The van der Waals surface area contributed by atoms with Crippen LogP contribution in [0.15, 0.2) is 72.8 Å².